The number of hydrogen-bond donors (Lipinski definition) is 2. The molecule has 170 valence electrons. The van der Waals surface area contributed by atoms with Crippen LogP contribution in [0.2, 0.25) is 0 Å². The number of anilines is 1. The molecule has 0 fully saturated rings. The summed E-state index contributed by atoms with van der Waals surface area (Å²) < 4.78 is 5.73. The van der Waals surface area contributed by atoms with Gasteiger partial charge in [0.1, 0.15) is 11.5 Å². The third-order valence-electron chi connectivity index (χ3n) is 5.14. The van der Waals surface area contributed by atoms with Crippen LogP contribution in [0.25, 0.3) is 0 Å². The lowest BCUT2D eigenvalue weighted by atomic mass is 10.1. The van der Waals surface area contributed by atoms with Gasteiger partial charge >= 0.3 is 0 Å². The van der Waals surface area contributed by atoms with Crippen LogP contribution in [-0.2, 0) is 4.79 Å². The van der Waals surface area contributed by atoms with Crippen LogP contribution in [-0.4, -0.2) is 36.2 Å². The van der Waals surface area contributed by atoms with Crippen LogP contribution in [0.1, 0.15) is 37.4 Å². The van der Waals surface area contributed by atoms with E-state index in [0.29, 0.717) is 22.6 Å². The molecule has 3 aromatic rings. The molecule has 7 nitrogen and oxygen atoms in total. The number of nitrogens with one attached hydrogen (secondary N) is 1. The number of nitrogens with two attached hydrogens (primary N) is 1. The third-order valence-corrected chi connectivity index (χ3v) is 5.14. The van der Waals surface area contributed by atoms with Crippen LogP contribution >= 0.6 is 0 Å². The monoisotopic (exact) mass is 445 g/mol. The molecule has 0 atom stereocenters. The molecular weight excluding hydrogens is 418 g/mol. The number of amides is 3. The Bertz CT molecular complexity index is 1160. The summed E-state index contributed by atoms with van der Waals surface area (Å²) in [5, 5.41) is 2.91. The number of primary amides is 1. The standard InChI is InChI=1S/C26H27N3O4/c1-16-13-17(2)24(18(3)14-16)28-23(30)15-29(4)26(32)20-7-11-22(12-8-20)33-21-9-5-19(6-10-21)25(27)31/h5-14H,15H2,1-4H3,(H2,27,31)(H,28,30). The Hall–Kier alpha value is -4.13. The lowest BCUT2D eigenvalue weighted by molar-refractivity contribution is -0.116. The summed E-state index contributed by atoms with van der Waals surface area (Å²) in [6, 6.07) is 17.1. The van der Waals surface area contributed by atoms with Crippen molar-refractivity contribution in [2.75, 3.05) is 18.9 Å². The van der Waals surface area contributed by atoms with E-state index in [1.165, 1.54) is 4.90 Å². The van der Waals surface area contributed by atoms with Crippen molar-refractivity contribution in [2.24, 2.45) is 5.73 Å². The predicted molar refractivity (Wildman–Crippen MR) is 128 cm³/mol. The van der Waals surface area contributed by atoms with E-state index < -0.39 is 5.91 Å². The van der Waals surface area contributed by atoms with Crippen molar-refractivity contribution in [1.29, 1.82) is 0 Å². The molecule has 0 bridgehead atoms. The van der Waals surface area contributed by atoms with E-state index in [4.69, 9.17) is 10.5 Å². The molecule has 3 amide bonds. The predicted octanol–water partition coefficient (Wildman–Crippen LogP) is 4.21. The molecule has 0 aliphatic carbocycles. The summed E-state index contributed by atoms with van der Waals surface area (Å²) >= 11 is 0. The molecule has 7 heteroatoms. The smallest absolute Gasteiger partial charge is 0.254 e. The van der Waals surface area contributed by atoms with Crippen molar-refractivity contribution in [3.05, 3.63) is 88.5 Å². The maximum Gasteiger partial charge on any atom is 0.254 e. The van der Waals surface area contributed by atoms with Gasteiger partial charge in [0, 0.05) is 23.9 Å². The summed E-state index contributed by atoms with van der Waals surface area (Å²) in [5.74, 6) is 0.0186. The van der Waals surface area contributed by atoms with E-state index in [0.717, 1.165) is 22.4 Å². The number of hydrogen-bond acceptors (Lipinski definition) is 4. The lowest BCUT2D eigenvalue weighted by Crippen LogP contribution is -2.35. The highest BCUT2D eigenvalue weighted by molar-refractivity contribution is 5.99. The molecule has 3 rings (SSSR count). The minimum Gasteiger partial charge on any atom is -0.457 e. The number of nitrogens with zero attached hydrogens (tertiary/aromatic N) is 1. The van der Waals surface area contributed by atoms with Crippen LogP contribution in [0.5, 0.6) is 11.5 Å². The van der Waals surface area contributed by atoms with Gasteiger partial charge in [-0.25, -0.2) is 0 Å². The largest absolute Gasteiger partial charge is 0.457 e. The molecular formula is C26H27N3O4. The fraction of sp³-hybridized carbons (Fsp3) is 0.192. The molecule has 0 radical (unpaired) electrons. The van der Waals surface area contributed by atoms with Crippen molar-refractivity contribution < 1.29 is 19.1 Å². The van der Waals surface area contributed by atoms with Crippen molar-refractivity contribution in [1.82, 2.24) is 4.90 Å². The number of carbonyl (C=O) groups excluding carboxylic acids is 3. The van der Waals surface area contributed by atoms with Gasteiger partial charge in [0.2, 0.25) is 11.8 Å². The first-order valence-electron chi connectivity index (χ1n) is 10.4. The Balaban J connectivity index is 1.60. The van der Waals surface area contributed by atoms with Gasteiger partial charge in [-0.3, -0.25) is 14.4 Å². The van der Waals surface area contributed by atoms with Crippen LogP contribution in [0.15, 0.2) is 60.7 Å². The van der Waals surface area contributed by atoms with Crippen LogP contribution in [0.4, 0.5) is 5.69 Å². The van der Waals surface area contributed by atoms with Crippen molar-refractivity contribution >= 4 is 23.4 Å². The first-order chi connectivity index (χ1) is 15.6. The summed E-state index contributed by atoms with van der Waals surface area (Å²) in [5.41, 5.74) is 9.93. The number of benzene rings is 3. The van der Waals surface area contributed by atoms with Crippen molar-refractivity contribution in [3.8, 4) is 11.5 Å². The minimum atomic E-state index is -0.508. The first kappa shape index (κ1) is 23.5. The van der Waals surface area contributed by atoms with Crippen LogP contribution < -0.4 is 15.8 Å². The summed E-state index contributed by atoms with van der Waals surface area (Å²) in [6.07, 6.45) is 0. The highest BCUT2D eigenvalue weighted by atomic mass is 16.5. The quantitative estimate of drug-likeness (QED) is 0.569. The van der Waals surface area contributed by atoms with Gasteiger partial charge in [0.15, 0.2) is 0 Å². The Morgan fingerprint density at radius 3 is 1.82 bits per heavy atom. The van der Waals surface area contributed by atoms with Gasteiger partial charge in [-0.15, -0.1) is 0 Å². The van der Waals surface area contributed by atoms with Crippen LogP contribution in [0.3, 0.4) is 0 Å². The fourth-order valence-corrected chi connectivity index (χ4v) is 3.55. The molecule has 0 heterocycles. The molecule has 3 aromatic carbocycles. The topological polar surface area (TPSA) is 102 Å². The Morgan fingerprint density at radius 2 is 1.33 bits per heavy atom. The number of ether oxygens (including phenoxy) is 1. The van der Waals surface area contributed by atoms with Gasteiger partial charge in [-0.05, 0) is 80.4 Å². The minimum absolute atomic E-state index is 0.0734. The van der Waals surface area contributed by atoms with Crippen molar-refractivity contribution in [3.63, 3.8) is 0 Å². The van der Waals surface area contributed by atoms with Gasteiger partial charge in [0.25, 0.3) is 5.91 Å². The third kappa shape index (κ3) is 5.98. The average molecular weight is 446 g/mol. The zero-order valence-corrected chi connectivity index (χ0v) is 19.1. The van der Waals surface area contributed by atoms with Crippen molar-refractivity contribution in [2.45, 2.75) is 20.8 Å². The highest BCUT2D eigenvalue weighted by Crippen LogP contribution is 2.23. The Kier molecular flexibility index (Phi) is 7.13. The van der Waals surface area contributed by atoms with E-state index in [1.54, 1.807) is 55.6 Å². The number of aryl methyl sites for hydroxylation is 3. The van der Waals surface area contributed by atoms with E-state index in [2.05, 4.69) is 5.32 Å². The zero-order valence-electron chi connectivity index (χ0n) is 19.1. The lowest BCUT2D eigenvalue weighted by Gasteiger charge is -2.19. The fourth-order valence-electron chi connectivity index (χ4n) is 3.55. The summed E-state index contributed by atoms with van der Waals surface area (Å²) in [6.45, 7) is 5.82. The van der Waals surface area contributed by atoms with Gasteiger partial charge in [0.05, 0.1) is 6.54 Å². The average Bonchev–Trinajstić information content (AvgIpc) is 2.76. The molecule has 0 spiro atoms. The molecule has 0 aliphatic rings. The molecule has 0 saturated heterocycles. The molecule has 33 heavy (non-hydrogen) atoms. The number of rotatable bonds is 7. The highest BCUT2D eigenvalue weighted by Gasteiger charge is 2.16. The second-order valence-electron chi connectivity index (χ2n) is 8.00. The van der Waals surface area contributed by atoms with Gasteiger partial charge in [-0.2, -0.15) is 0 Å². The zero-order chi connectivity index (χ0) is 24.1. The summed E-state index contributed by atoms with van der Waals surface area (Å²) in [4.78, 5) is 37.8. The van der Waals surface area contributed by atoms with E-state index in [9.17, 15) is 14.4 Å². The van der Waals surface area contributed by atoms with Crippen LogP contribution in [0, 0.1) is 20.8 Å². The molecule has 0 saturated carbocycles. The Morgan fingerprint density at radius 1 is 0.848 bits per heavy atom. The molecule has 0 aliphatic heterocycles. The maximum atomic E-state index is 12.7. The van der Waals surface area contributed by atoms with E-state index >= 15 is 0 Å². The van der Waals surface area contributed by atoms with E-state index in [-0.39, 0.29) is 18.4 Å². The second-order valence-corrected chi connectivity index (χ2v) is 8.00. The summed E-state index contributed by atoms with van der Waals surface area (Å²) in [7, 11) is 1.58. The second kappa shape index (κ2) is 9.99. The Labute approximate surface area is 193 Å². The molecule has 0 aromatic heterocycles. The normalized spacial score (nSPS) is 10.4. The number of likely N-dealkylation sites (N-methyl/N-ethyl adjacent to an activating group) is 1. The SMILES string of the molecule is Cc1cc(C)c(NC(=O)CN(C)C(=O)c2ccc(Oc3ccc(C(N)=O)cc3)cc2)c(C)c1. The van der Waals surface area contributed by atoms with E-state index in [1.807, 2.05) is 32.9 Å². The first-order valence-corrected chi connectivity index (χ1v) is 10.4. The molecule has 3 N–H and O–H groups in total. The maximum absolute atomic E-state index is 12.7. The van der Waals surface area contributed by atoms with Gasteiger partial charge in [-0.1, -0.05) is 17.7 Å². The molecule has 0 unspecified atom stereocenters. The van der Waals surface area contributed by atoms with Gasteiger partial charge < -0.3 is 20.7 Å². The number of carbonyl (C=O) groups is 3.